The summed E-state index contributed by atoms with van der Waals surface area (Å²) < 4.78 is 24.2. The van der Waals surface area contributed by atoms with Crippen molar-refractivity contribution in [2.75, 3.05) is 7.11 Å². The number of aliphatic hydroxyl groups excluding tert-OH is 1. The standard InChI is InChI=1S/C33H50O7/c1-18(2)14-20-15-21(29(37-9)39-20)22-10-11-23-31(22,6)13-12-24-32(23,7)26(35)16-25-30(4,5)40-28(36)17-27(33(24,25)8)38-19(3)34/h11,14,20-22,24-27,29,35H,10,12-13,15-17H2,1-9H3/t20-,21-,22-,24-,25-,26+,27-,29+,31-,32-,33+/m0/s1. The summed E-state index contributed by atoms with van der Waals surface area (Å²) >= 11 is 0. The molecule has 2 saturated carbocycles. The number of ether oxygens (including phenoxy) is 4. The fourth-order valence-electron chi connectivity index (χ4n) is 10.4. The van der Waals surface area contributed by atoms with Crippen molar-refractivity contribution in [3.63, 3.8) is 0 Å². The quantitative estimate of drug-likeness (QED) is 0.347. The Morgan fingerprint density at radius 2 is 1.80 bits per heavy atom. The zero-order chi connectivity index (χ0) is 29.4. The van der Waals surface area contributed by atoms with E-state index in [4.69, 9.17) is 18.9 Å². The van der Waals surface area contributed by atoms with Gasteiger partial charge in [-0.1, -0.05) is 44.1 Å². The van der Waals surface area contributed by atoms with Crippen LogP contribution in [0.15, 0.2) is 23.3 Å². The molecule has 1 N–H and O–H groups in total. The fourth-order valence-corrected chi connectivity index (χ4v) is 10.4. The van der Waals surface area contributed by atoms with Crippen molar-refractivity contribution in [3.05, 3.63) is 23.3 Å². The third-order valence-corrected chi connectivity index (χ3v) is 11.9. The van der Waals surface area contributed by atoms with Gasteiger partial charge in [-0.2, -0.15) is 0 Å². The Morgan fingerprint density at radius 1 is 1.10 bits per heavy atom. The molecule has 0 spiro atoms. The molecule has 0 aromatic heterocycles. The van der Waals surface area contributed by atoms with E-state index >= 15 is 0 Å². The highest BCUT2D eigenvalue weighted by Gasteiger charge is 2.71. The van der Waals surface area contributed by atoms with Crippen LogP contribution in [0.3, 0.4) is 0 Å². The molecule has 4 fully saturated rings. The number of hydrogen-bond donors (Lipinski definition) is 1. The Labute approximate surface area is 240 Å². The first-order valence-electron chi connectivity index (χ1n) is 15.2. The maximum atomic E-state index is 13.0. The van der Waals surface area contributed by atoms with E-state index in [0.29, 0.717) is 12.3 Å². The molecule has 40 heavy (non-hydrogen) atoms. The number of aliphatic hydroxyl groups is 1. The van der Waals surface area contributed by atoms with Crippen molar-refractivity contribution in [3.8, 4) is 0 Å². The van der Waals surface area contributed by atoms with E-state index in [1.54, 1.807) is 7.11 Å². The van der Waals surface area contributed by atoms with Gasteiger partial charge in [0, 0.05) is 36.7 Å². The topological polar surface area (TPSA) is 91.3 Å². The lowest BCUT2D eigenvalue weighted by Crippen LogP contribution is -2.66. The summed E-state index contributed by atoms with van der Waals surface area (Å²) in [6.07, 6.45) is 7.40. The van der Waals surface area contributed by atoms with E-state index in [1.807, 2.05) is 13.8 Å². The molecule has 2 aliphatic heterocycles. The summed E-state index contributed by atoms with van der Waals surface area (Å²) in [7, 11) is 1.74. The monoisotopic (exact) mass is 558 g/mol. The molecule has 0 aromatic rings. The molecular weight excluding hydrogens is 508 g/mol. The summed E-state index contributed by atoms with van der Waals surface area (Å²) in [5.41, 5.74) is 0.609. The molecule has 0 amide bonds. The zero-order valence-corrected chi connectivity index (χ0v) is 25.9. The average molecular weight is 559 g/mol. The largest absolute Gasteiger partial charge is 0.461 e. The minimum atomic E-state index is -0.788. The third-order valence-electron chi connectivity index (χ3n) is 11.9. The van der Waals surface area contributed by atoms with Gasteiger partial charge in [-0.3, -0.25) is 9.59 Å². The number of methoxy groups -OCH3 is 1. The molecule has 3 aliphatic carbocycles. The lowest BCUT2D eigenvalue weighted by atomic mass is 9.39. The van der Waals surface area contributed by atoms with Crippen LogP contribution in [0.5, 0.6) is 0 Å². The summed E-state index contributed by atoms with van der Waals surface area (Å²) in [6.45, 7) is 16.3. The molecule has 5 aliphatic rings. The lowest BCUT2D eigenvalue weighted by molar-refractivity contribution is -0.221. The molecule has 0 bridgehead atoms. The van der Waals surface area contributed by atoms with Crippen molar-refractivity contribution in [1.29, 1.82) is 0 Å². The van der Waals surface area contributed by atoms with Gasteiger partial charge in [0.15, 0.2) is 6.29 Å². The number of carbonyl (C=O) groups is 2. The normalized spacial score (nSPS) is 47.6. The smallest absolute Gasteiger partial charge is 0.310 e. The first kappa shape index (κ1) is 29.8. The second kappa shape index (κ2) is 9.95. The van der Waals surface area contributed by atoms with Crippen LogP contribution in [0.2, 0.25) is 0 Å². The SMILES string of the molecule is CO[C@@H]1O[C@@H](C=C(C)C)C[C@H]1[C@@H]1CC=C2[C@]3(C)[C@H](O)C[C@H]4C(C)(C)OC(=O)C[C@H](OC(C)=O)[C@]4(C)[C@H]3CC[C@]21C. The molecule has 0 aromatic carbocycles. The zero-order valence-electron chi connectivity index (χ0n) is 25.9. The van der Waals surface area contributed by atoms with Crippen LogP contribution >= 0.6 is 0 Å². The van der Waals surface area contributed by atoms with Crippen molar-refractivity contribution in [2.45, 2.75) is 124 Å². The Bertz CT molecular complexity index is 1100. The molecule has 7 heteroatoms. The summed E-state index contributed by atoms with van der Waals surface area (Å²) in [4.78, 5) is 25.3. The van der Waals surface area contributed by atoms with Gasteiger partial charge >= 0.3 is 11.9 Å². The molecule has 11 atom stereocenters. The Hall–Kier alpha value is -1.70. The molecule has 2 heterocycles. The maximum absolute atomic E-state index is 13.0. The molecular formula is C33H50O7. The minimum Gasteiger partial charge on any atom is -0.461 e. The summed E-state index contributed by atoms with van der Waals surface area (Å²) in [5.74, 6) is -0.271. The van der Waals surface area contributed by atoms with Crippen molar-refractivity contribution >= 4 is 11.9 Å². The average Bonchev–Trinajstić information content (AvgIpc) is 3.38. The van der Waals surface area contributed by atoms with Crippen LogP contribution in [0.1, 0.15) is 93.9 Å². The van der Waals surface area contributed by atoms with E-state index in [0.717, 1.165) is 25.7 Å². The van der Waals surface area contributed by atoms with E-state index in [9.17, 15) is 14.7 Å². The molecule has 0 unspecified atom stereocenters. The van der Waals surface area contributed by atoms with E-state index in [1.165, 1.54) is 18.1 Å². The van der Waals surface area contributed by atoms with Crippen LogP contribution in [-0.4, -0.2) is 54.4 Å². The van der Waals surface area contributed by atoms with Gasteiger partial charge in [-0.05, 0) is 77.0 Å². The number of rotatable bonds is 4. The Balaban J connectivity index is 1.54. The van der Waals surface area contributed by atoms with E-state index < -0.39 is 28.6 Å². The lowest BCUT2D eigenvalue weighted by Gasteiger charge is -2.66. The molecule has 0 radical (unpaired) electrons. The van der Waals surface area contributed by atoms with Gasteiger partial charge in [0.05, 0.1) is 18.6 Å². The van der Waals surface area contributed by atoms with Crippen molar-refractivity contribution in [2.24, 2.45) is 39.9 Å². The van der Waals surface area contributed by atoms with Crippen molar-refractivity contribution in [1.82, 2.24) is 0 Å². The first-order valence-corrected chi connectivity index (χ1v) is 15.2. The number of carbonyl (C=O) groups excluding carboxylic acids is 2. The second-order valence-electron chi connectivity index (χ2n) is 14.7. The van der Waals surface area contributed by atoms with Gasteiger partial charge in [0.1, 0.15) is 11.7 Å². The Morgan fingerprint density at radius 3 is 2.42 bits per heavy atom. The number of fused-ring (bicyclic) bond motifs is 5. The third kappa shape index (κ3) is 4.32. The highest BCUT2D eigenvalue weighted by Crippen LogP contribution is 2.72. The number of esters is 2. The summed E-state index contributed by atoms with van der Waals surface area (Å²) in [6, 6.07) is 0. The van der Waals surface area contributed by atoms with Gasteiger partial charge in [-0.25, -0.2) is 0 Å². The van der Waals surface area contributed by atoms with Crippen LogP contribution in [-0.2, 0) is 28.5 Å². The van der Waals surface area contributed by atoms with Crippen LogP contribution in [0, 0.1) is 39.9 Å². The van der Waals surface area contributed by atoms with Crippen molar-refractivity contribution < 1.29 is 33.6 Å². The number of allylic oxidation sites excluding steroid dienone is 2. The molecule has 5 rings (SSSR count). The van der Waals surface area contributed by atoms with Gasteiger partial charge in [0.2, 0.25) is 0 Å². The van der Waals surface area contributed by atoms with Gasteiger partial charge < -0.3 is 24.1 Å². The van der Waals surface area contributed by atoms with Gasteiger partial charge in [0.25, 0.3) is 0 Å². The molecule has 7 nitrogen and oxygen atoms in total. The van der Waals surface area contributed by atoms with Gasteiger partial charge in [-0.15, -0.1) is 0 Å². The summed E-state index contributed by atoms with van der Waals surface area (Å²) in [5, 5.41) is 12.1. The van der Waals surface area contributed by atoms with Crippen LogP contribution < -0.4 is 0 Å². The van der Waals surface area contributed by atoms with Crippen LogP contribution in [0.25, 0.3) is 0 Å². The fraction of sp³-hybridized carbons (Fsp3) is 0.818. The minimum absolute atomic E-state index is 0.0152. The highest BCUT2D eigenvalue weighted by atomic mass is 16.7. The number of hydrogen-bond acceptors (Lipinski definition) is 7. The Kier molecular flexibility index (Phi) is 7.40. The van der Waals surface area contributed by atoms with E-state index in [-0.39, 0.29) is 53.9 Å². The maximum Gasteiger partial charge on any atom is 0.310 e. The first-order chi connectivity index (χ1) is 18.6. The second-order valence-corrected chi connectivity index (χ2v) is 14.7. The predicted molar refractivity (Wildman–Crippen MR) is 151 cm³/mol. The van der Waals surface area contributed by atoms with Crippen LogP contribution in [0.4, 0.5) is 0 Å². The molecule has 2 saturated heterocycles. The predicted octanol–water partition coefficient (Wildman–Crippen LogP) is 5.74. The highest BCUT2D eigenvalue weighted by molar-refractivity contribution is 5.73. The van der Waals surface area contributed by atoms with E-state index in [2.05, 4.69) is 46.8 Å². The number of cyclic esters (lactones) is 1. The molecule has 224 valence electrons.